The van der Waals surface area contributed by atoms with E-state index < -0.39 is 0 Å². The van der Waals surface area contributed by atoms with Crippen LogP contribution >= 0.6 is 0 Å². The van der Waals surface area contributed by atoms with Gasteiger partial charge >= 0.3 is 0 Å². The maximum Gasteiger partial charge on any atom is 0.231 e. The number of aryl methyl sites for hydroxylation is 24. The summed E-state index contributed by atoms with van der Waals surface area (Å²) in [6.45, 7) is 36.9. The fraction of sp³-hybridized carbons (Fsp3) is 0.406. The van der Waals surface area contributed by atoms with Gasteiger partial charge in [-0.15, -0.1) is 10.2 Å². The zero-order valence-corrected chi connectivity index (χ0v) is 57.3. The van der Waals surface area contributed by atoms with Gasteiger partial charge in [0.15, 0.2) is 22.3 Å². The van der Waals surface area contributed by atoms with Gasteiger partial charge in [-0.1, -0.05) is 0 Å². The third kappa shape index (κ3) is 13.5. The Morgan fingerprint density at radius 1 is 0.217 bits per heavy atom. The Morgan fingerprint density at radius 3 is 1.11 bits per heavy atom. The van der Waals surface area contributed by atoms with Crippen LogP contribution < -0.4 is 32.6 Å². The number of pyridine rings is 3. The number of hydrogen-bond donors (Lipinski definition) is 0. The molecule has 0 saturated heterocycles. The van der Waals surface area contributed by atoms with Crippen molar-refractivity contribution >= 4 is 66.3 Å². The molecule has 0 atom stereocenters. The Balaban J connectivity index is 0.000000157. The lowest BCUT2D eigenvalue weighted by atomic mass is 10.0. The van der Waals surface area contributed by atoms with Gasteiger partial charge in [-0.25, -0.2) is 44.3 Å². The van der Waals surface area contributed by atoms with E-state index in [4.69, 9.17) is 0 Å². The van der Waals surface area contributed by atoms with Crippen LogP contribution in [0.15, 0.2) is 28.8 Å². The Morgan fingerprint density at radius 2 is 0.565 bits per heavy atom. The van der Waals surface area contributed by atoms with Crippen LogP contribution in [-0.2, 0) is 42.3 Å². The van der Waals surface area contributed by atoms with Crippen LogP contribution in [0.25, 0.3) is 66.3 Å². The van der Waals surface area contributed by atoms with Crippen molar-refractivity contribution in [1.82, 2.24) is 109 Å². The van der Waals surface area contributed by atoms with E-state index in [2.05, 4.69) is 80.7 Å². The zero-order valence-electron chi connectivity index (χ0n) is 57.3. The Kier molecular flexibility index (Phi) is 20.1. The van der Waals surface area contributed by atoms with E-state index in [0.717, 1.165) is 84.1 Å². The van der Waals surface area contributed by atoms with E-state index in [-0.39, 0.29) is 32.6 Å². The third-order valence-electron chi connectivity index (χ3n) is 16.0. The van der Waals surface area contributed by atoms with Gasteiger partial charge in [0, 0.05) is 59.4 Å². The molecule has 0 radical (unpaired) electrons. The van der Waals surface area contributed by atoms with Gasteiger partial charge in [0.05, 0.1) is 44.6 Å². The van der Waals surface area contributed by atoms with Crippen molar-refractivity contribution in [2.24, 2.45) is 42.3 Å². The van der Waals surface area contributed by atoms with E-state index in [1.807, 2.05) is 104 Å². The maximum atomic E-state index is 12.1. The van der Waals surface area contributed by atoms with E-state index in [9.17, 15) is 28.8 Å². The van der Waals surface area contributed by atoms with Crippen LogP contribution in [0.2, 0.25) is 0 Å². The monoisotopic (exact) mass is 1250 g/mol. The number of aromatic nitrogens is 22. The van der Waals surface area contributed by atoms with Crippen molar-refractivity contribution in [3.63, 3.8) is 0 Å². The number of rotatable bonds is 0. The molecule has 0 aliphatic rings. The largest absolute Gasteiger partial charge is 0.287 e. The molecular formula is C64H78N22O6. The molecule has 0 amide bonds. The first-order chi connectivity index (χ1) is 42.9. The number of fused-ring (bicyclic) bond motifs is 6. The predicted molar refractivity (Wildman–Crippen MR) is 355 cm³/mol. The molecule has 480 valence electrons. The Bertz CT molecular complexity index is 5380. The molecule has 0 aromatic carbocycles. The van der Waals surface area contributed by atoms with E-state index in [1.54, 1.807) is 99.9 Å². The molecule has 12 aromatic heterocycles. The van der Waals surface area contributed by atoms with Crippen LogP contribution in [0.4, 0.5) is 0 Å². The average Bonchev–Trinajstić information content (AvgIpc) is 0.812. The lowest BCUT2D eigenvalue weighted by Crippen LogP contribution is -2.18. The molecule has 12 heterocycles. The summed E-state index contributed by atoms with van der Waals surface area (Å²) in [6, 6.07) is 0. The van der Waals surface area contributed by atoms with Gasteiger partial charge in [0.2, 0.25) is 38.2 Å². The topological polar surface area (TPSA) is 338 Å². The molecular weight excluding hydrogens is 1170 g/mol. The van der Waals surface area contributed by atoms with Crippen LogP contribution in [0.3, 0.4) is 0 Å². The maximum absolute atomic E-state index is 12.1. The van der Waals surface area contributed by atoms with Gasteiger partial charge < -0.3 is 0 Å². The highest BCUT2D eigenvalue weighted by Crippen LogP contribution is 2.22. The minimum atomic E-state index is -0.184. The highest BCUT2D eigenvalue weighted by Gasteiger charge is 2.18. The van der Waals surface area contributed by atoms with Gasteiger partial charge in [0.25, 0.3) is 0 Å². The molecule has 92 heavy (non-hydrogen) atoms. The van der Waals surface area contributed by atoms with Crippen molar-refractivity contribution in [2.75, 3.05) is 0 Å². The van der Waals surface area contributed by atoms with Crippen molar-refractivity contribution < 1.29 is 0 Å². The summed E-state index contributed by atoms with van der Waals surface area (Å²) in [5.74, 6) is 1.10. The molecule has 0 aliphatic heterocycles. The summed E-state index contributed by atoms with van der Waals surface area (Å²) in [5.41, 5.74) is 19.3. The van der Waals surface area contributed by atoms with Crippen LogP contribution in [0.5, 0.6) is 0 Å². The van der Waals surface area contributed by atoms with Crippen molar-refractivity contribution in [3.8, 4) is 0 Å². The molecule has 28 nitrogen and oxygen atoms in total. The summed E-state index contributed by atoms with van der Waals surface area (Å²) in [5, 5.41) is 33.8. The van der Waals surface area contributed by atoms with Gasteiger partial charge in [-0.2, -0.15) is 30.6 Å². The first kappa shape index (κ1) is 68.9. The summed E-state index contributed by atoms with van der Waals surface area (Å²) in [7, 11) is 10.8. The number of nitrogens with zero attached hydrogens (tertiary/aromatic N) is 22. The van der Waals surface area contributed by atoms with Gasteiger partial charge in [-0.3, -0.25) is 52.5 Å². The molecule has 0 unspecified atom stereocenters. The summed E-state index contributed by atoms with van der Waals surface area (Å²) >= 11 is 0. The van der Waals surface area contributed by atoms with Gasteiger partial charge in [-0.05, 0) is 166 Å². The predicted octanol–water partition coefficient (Wildman–Crippen LogP) is 5.72. The highest BCUT2D eigenvalue weighted by atomic mass is 16.1. The first-order valence-corrected chi connectivity index (χ1v) is 29.3. The second-order valence-corrected chi connectivity index (χ2v) is 22.8. The van der Waals surface area contributed by atoms with Crippen LogP contribution in [-0.4, -0.2) is 109 Å². The smallest absolute Gasteiger partial charge is 0.231 e. The standard InChI is InChI=1S/3C12H15N3O.2C10H12N4O.C8H9N5O/c1-6-7(2)13-8(3)11-10(6)12(16)9(4)14-15(11)5;1-6-7(2)11-10(13-8(6)3)12(16)9(4)14-15(11)5;1-6-7(2)10-11(16)9(4)14-15(5)12(10)13-8(6)3;1-5-9-8(12-7(3)11-5)10(15)6(2)13-14(9)4;1-5-6(2)12-10-8(11-5)9(15)7(3)13-14(10)4;1-4-7(14)6-8(13(3)12-4)11-10-5(2)9-6/h3*1-5H3;2*1-4H3;1-3H3. The molecule has 12 aromatic rings. The zero-order chi connectivity index (χ0) is 68.7. The SMILES string of the molecule is Cc1nc(C)c2c(c1C)c(=O)c(C)nn2C.Cc1nc(C)c2c(n1)c(=O)c(C)nn2C.Cc1nc2c(=O)c(C)nn(C)c2c(C)c1C.Cc1nc2c(=O)c(C)nn(C)c2nc1C.Cc1nc2c(c(C)c1C)c(=O)c(C)nn2C.Cc1nnc2c(n1)c(=O)c(C)nn2C. The Hall–Kier alpha value is -10.5. The lowest BCUT2D eigenvalue weighted by molar-refractivity contribution is 0.726. The molecule has 0 fully saturated rings. The van der Waals surface area contributed by atoms with Crippen molar-refractivity contribution in [1.29, 1.82) is 0 Å². The van der Waals surface area contributed by atoms with E-state index >= 15 is 0 Å². The second-order valence-electron chi connectivity index (χ2n) is 22.8. The molecule has 12 rings (SSSR count). The normalized spacial score (nSPS) is 11.0. The van der Waals surface area contributed by atoms with E-state index in [1.165, 1.54) is 4.68 Å². The molecule has 0 bridgehead atoms. The molecule has 0 spiro atoms. The quantitative estimate of drug-likeness (QED) is 0.175. The molecule has 0 saturated carbocycles. The highest BCUT2D eigenvalue weighted by molar-refractivity contribution is 5.85. The fourth-order valence-electron chi connectivity index (χ4n) is 10.5. The molecule has 0 aliphatic carbocycles. The van der Waals surface area contributed by atoms with E-state index in [0.29, 0.717) is 95.7 Å². The second kappa shape index (κ2) is 26.9. The molecule has 0 N–H and O–H groups in total. The number of hydrogen-bond acceptors (Lipinski definition) is 22. The summed E-state index contributed by atoms with van der Waals surface area (Å²) in [4.78, 5) is 106. The van der Waals surface area contributed by atoms with Crippen molar-refractivity contribution in [3.05, 3.63) is 175 Å². The lowest BCUT2D eigenvalue weighted by Gasteiger charge is -2.11. The van der Waals surface area contributed by atoms with Crippen LogP contribution in [0.1, 0.15) is 113 Å². The average molecular weight is 1250 g/mol. The Labute approximate surface area is 528 Å². The minimum Gasteiger partial charge on any atom is -0.287 e. The van der Waals surface area contributed by atoms with Crippen molar-refractivity contribution in [2.45, 2.75) is 138 Å². The molecule has 28 heteroatoms. The van der Waals surface area contributed by atoms with Crippen LogP contribution in [0, 0.1) is 138 Å². The third-order valence-corrected chi connectivity index (χ3v) is 16.0. The summed E-state index contributed by atoms with van der Waals surface area (Å²) in [6.07, 6.45) is 0. The minimum absolute atomic E-state index is 0.0128. The first-order valence-electron chi connectivity index (χ1n) is 29.3. The fourth-order valence-corrected chi connectivity index (χ4v) is 10.5. The van der Waals surface area contributed by atoms with Gasteiger partial charge in [0.1, 0.15) is 62.4 Å². The summed E-state index contributed by atoms with van der Waals surface area (Å²) < 4.78 is 9.89.